The van der Waals surface area contributed by atoms with Gasteiger partial charge in [0.1, 0.15) is 12.4 Å². The van der Waals surface area contributed by atoms with Crippen molar-refractivity contribution in [2.75, 3.05) is 26.9 Å². The second-order valence-corrected chi connectivity index (χ2v) is 9.07. The van der Waals surface area contributed by atoms with Crippen molar-refractivity contribution < 1.29 is 23.9 Å². The zero-order valence-electron chi connectivity index (χ0n) is 20.5. The first-order valence-corrected chi connectivity index (χ1v) is 12.3. The van der Waals surface area contributed by atoms with E-state index in [2.05, 4.69) is 4.99 Å². The second kappa shape index (κ2) is 11.3. The van der Waals surface area contributed by atoms with Crippen molar-refractivity contribution in [1.29, 1.82) is 0 Å². The van der Waals surface area contributed by atoms with Crippen molar-refractivity contribution >= 4 is 29.1 Å². The van der Waals surface area contributed by atoms with Gasteiger partial charge in [0.2, 0.25) is 0 Å². The Balaban J connectivity index is 1.86. The summed E-state index contributed by atoms with van der Waals surface area (Å²) in [5, 5.41) is 11.2. The summed E-state index contributed by atoms with van der Waals surface area (Å²) >= 11 is 1.15. The van der Waals surface area contributed by atoms with Crippen molar-refractivity contribution in [3.05, 3.63) is 101 Å². The Kier molecular flexibility index (Phi) is 7.95. The molecule has 0 amide bonds. The van der Waals surface area contributed by atoms with Crippen LogP contribution >= 0.6 is 11.3 Å². The molecule has 4 rings (SSSR count). The number of methoxy groups -OCH3 is 1. The maximum Gasteiger partial charge on any atom is 0.338 e. The minimum Gasteiger partial charge on any atom is -0.494 e. The number of carbonyl (C=O) groups is 1. The van der Waals surface area contributed by atoms with E-state index in [4.69, 9.17) is 14.2 Å². The number of nitro benzene ring substituents is 1. The smallest absolute Gasteiger partial charge is 0.338 e. The summed E-state index contributed by atoms with van der Waals surface area (Å²) in [4.78, 5) is 42.4. The number of ether oxygens (including phenoxy) is 3. The molecule has 2 aromatic carbocycles. The van der Waals surface area contributed by atoms with Gasteiger partial charge in [0.05, 0.1) is 40.0 Å². The average molecular weight is 524 g/mol. The zero-order valence-corrected chi connectivity index (χ0v) is 21.3. The topological polar surface area (TPSA) is 122 Å². The molecule has 0 N–H and O–H groups in total. The van der Waals surface area contributed by atoms with Gasteiger partial charge in [-0.3, -0.25) is 19.5 Å². The number of nitro groups is 1. The van der Waals surface area contributed by atoms with Gasteiger partial charge in [-0.15, -0.1) is 0 Å². The number of thiazole rings is 1. The second-order valence-electron chi connectivity index (χ2n) is 8.06. The van der Waals surface area contributed by atoms with Gasteiger partial charge in [-0.25, -0.2) is 9.79 Å². The summed E-state index contributed by atoms with van der Waals surface area (Å²) in [6.07, 6.45) is 1.59. The van der Waals surface area contributed by atoms with Crippen molar-refractivity contribution in [3.63, 3.8) is 0 Å². The molecular formula is C26H25N3O7S. The number of allylic oxidation sites excluding steroid dienone is 1. The number of hydrogen-bond donors (Lipinski definition) is 0. The fraction of sp³-hybridized carbons (Fsp3) is 0.269. The van der Waals surface area contributed by atoms with Gasteiger partial charge < -0.3 is 14.2 Å². The zero-order chi connectivity index (χ0) is 26.5. The quantitative estimate of drug-likeness (QED) is 0.183. The van der Waals surface area contributed by atoms with Gasteiger partial charge in [0.15, 0.2) is 4.80 Å². The molecule has 192 valence electrons. The predicted octanol–water partition coefficient (Wildman–Crippen LogP) is 2.73. The van der Waals surface area contributed by atoms with Crippen LogP contribution in [0.2, 0.25) is 0 Å². The molecule has 11 heteroatoms. The lowest BCUT2D eigenvalue weighted by Gasteiger charge is -2.25. The molecule has 0 spiro atoms. The highest BCUT2D eigenvalue weighted by atomic mass is 32.1. The first-order valence-electron chi connectivity index (χ1n) is 11.5. The standard InChI is InChI=1S/C26H25N3O7S/c1-4-35-20-10-8-18(9-11-20)23-22(25(31)36-13-12-34-3)16(2)27-26-28(23)24(30)21(37-26)15-17-6-5-7-19(14-17)29(32)33/h5-11,14-15,23H,4,12-13H2,1-3H3/b21-15-. The van der Waals surface area contributed by atoms with Gasteiger partial charge in [-0.1, -0.05) is 35.6 Å². The third kappa shape index (κ3) is 5.52. The molecule has 0 saturated carbocycles. The normalized spacial score (nSPS) is 15.2. The largest absolute Gasteiger partial charge is 0.494 e. The summed E-state index contributed by atoms with van der Waals surface area (Å²) in [6, 6.07) is 12.4. The predicted molar refractivity (Wildman–Crippen MR) is 137 cm³/mol. The third-order valence-corrected chi connectivity index (χ3v) is 6.63. The molecular weight excluding hydrogens is 498 g/mol. The highest BCUT2D eigenvalue weighted by Crippen LogP contribution is 2.31. The molecule has 3 aromatic rings. The number of fused-ring (bicyclic) bond motifs is 1. The molecule has 1 aliphatic heterocycles. The number of aromatic nitrogens is 1. The fourth-order valence-electron chi connectivity index (χ4n) is 3.99. The molecule has 0 saturated heterocycles. The monoisotopic (exact) mass is 523 g/mol. The van der Waals surface area contributed by atoms with E-state index in [0.29, 0.717) is 38.5 Å². The lowest BCUT2D eigenvalue weighted by molar-refractivity contribution is -0.384. The van der Waals surface area contributed by atoms with Gasteiger partial charge in [-0.2, -0.15) is 0 Å². The molecule has 0 aliphatic carbocycles. The summed E-state index contributed by atoms with van der Waals surface area (Å²) in [6.45, 7) is 4.37. The Morgan fingerprint density at radius 1 is 1.22 bits per heavy atom. The van der Waals surface area contributed by atoms with E-state index in [1.807, 2.05) is 6.92 Å². The van der Waals surface area contributed by atoms with Crippen LogP contribution < -0.4 is 19.6 Å². The average Bonchev–Trinajstić information content (AvgIpc) is 3.18. The van der Waals surface area contributed by atoms with Crippen LogP contribution in [0.4, 0.5) is 5.69 Å². The molecule has 1 aromatic heterocycles. The minimum atomic E-state index is -0.783. The van der Waals surface area contributed by atoms with E-state index in [-0.39, 0.29) is 30.0 Å². The van der Waals surface area contributed by atoms with E-state index in [1.54, 1.807) is 49.4 Å². The van der Waals surface area contributed by atoms with E-state index in [1.165, 1.54) is 23.8 Å². The molecule has 1 atom stereocenters. The number of non-ortho nitro benzene ring substituents is 1. The molecule has 37 heavy (non-hydrogen) atoms. The molecule has 1 aliphatic rings. The number of rotatable bonds is 9. The van der Waals surface area contributed by atoms with Gasteiger partial charge >= 0.3 is 5.97 Å². The van der Waals surface area contributed by atoms with Gasteiger partial charge in [-0.05, 0) is 43.2 Å². The highest BCUT2D eigenvalue weighted by molar-refractivity contribution is 7.07. The number of nitrogens with zero attached hydrogens (tertiary/aromatic N) is 3. The molecule has 1 unspecified atom stereocenters. The van der Waals surface area contributed by atoms with Crippen LogP contribution in [0, 0.1) is 10.1 Å². The lowest BCUT2D eigenvalue weighted by atomic mass is 9.96. The van der Waals surface area contributed by atoms with Crippen molar-refractivity contribution in [1.82, 2.24) is 4.57 Å². The van der Waals surface area contributed by atoms with Crippen LogP contribution in [0.5, 0.6) is 5.75 Å². The highest BCUT2D eigenvalue weighted by Gasteiger charge is 2.33. The SMILES string of the molecule is CCOc1ccc(C2C(C(=O)OCCOC)=C(C)N=c3s/c(=C\c4cccc([N+](=O)[O-])c4)c(=O)n32)cc1. The Labute approximate surface area is 215 Å². The summed E-state index contributed by atoms with van der Waals surface area (Å²) in [7, 11) is 1.51. The van der Waals surface area contributed by atoms with E-state index < -0.39 is 16.9 Å². The van der Waals surface area contributed by atoms with Crippen molar-refractivity contribution in [2.24, 2.45) is 4.99 Å². The van der Waals surface area contributed by atoms with Gasteiger partial charge in [0, 0.05) is 19.2 Å². The third-order valence-electron chi connectivity index (χ3n) is 5.65. The van der Waals surface area contributed by atoms with E-state index in [0.717, 1.165) is 11.3 Å². The maximum absolute atomic E-state index is 13.7. The Morgan fingerprint density at radius 3 is 2.65 bits per heavy atom. The number of esters is 1. The molecule has 0 fully saturated rings. The molecule has 0 bridgehead atoms. The fourth-order valence-corrected chi connectivity index (χ4v) is 5.03. The van der Waals surface area contributed by atoms with Crippen molar-refractivity contribution in [3.8, 4) is 5.75 Å². The van der Waals surface area contributed by atoms with E-state index >= 15 is 0 Å². The first-order chi connectivity index (χ1) is 17.8. The van der Waals surface area contributed by atoms with E-state index in [9.17, 15) is 19.7 Å². The Hall–Kier alpha value is -4.09. The van der Waals surface area contributed by atoms with Crippen LogP contribution in [0.3, 0.4) is 0 Å². The van der Waals surface area contributed by atoms with Crippen LogP contribution in [0.1, 0.15) is 31.0 Å². The number of benzene rings is 2. The Morgan fingerprint density at radius 2 is 1.97 bits per heavy atom. The molecule has 2 heterocycles. The van der Waals surface area contributed by atoms with Crippen LogP contribution in [0.25, 0.3) is 6.08 Å². The first kappa shape index (κ1) is 26.0. The van der Waals surface area contributed by atoms with Gasteiger partial charge in [0.25, 0.3) is 11.2 Å². The van der Waals surface area contributed by atoms with Crippen molar-refractivity contribution in [2.45, 2.75) is 19.9 Å². The minimum absolute atomic E-state index is 0.0549. The number of carbonyl (C=O) groups excluding carboxylic acids is 1. The Bertz CT molecular complexity index is 1540. The lowest BCUT2D eigenvalue weighted by Crippen LogP contribution is -2.40. The summed E-state index contributed by atoms with van der Waals surface area (Å²) < 4.78 is 17.7. The molecule has 0 radical (unpaired) electrons. The summed E-state index contributed by atoms with van der Waals surface area (Å²) in [5.41, 5.74) is 1.42. The maximum atomic E-state index is 13.7. The van der Waals surface area contributed by atoms with Crippen LogP contribution in [-0.2, 0) is 14.3 Å². The van der Waals surface area contributed by atoms with Crippen LogP contribution in [0.15, 0.2) is 69.6 Å². The van der Waals surface area contributed by atoms with Crippen LogP contribution in [-0.4, -0.2) is 42.4 Å². The number of hydrogen-bond acceptors (Lipinski definition) is 9. The summed E-state index contributed by atoms with van der Waals surface area (Å²) in [5.74, 6) is 0.0689. The molecule has 10 nitrogen and oxygen atoms in total.